The van der Waals surface area contributed by atoms with Crippen LogP contribution in [0.5, 0.6) is 0 Å². The highest BCUT2D eigenvalue weighted by molar-refractivity contribution is 7.90. The monoisotopic (exact) mass is 273 g/mol. The molecule has 18 heavy (non-hydrogen) atoms. The Labute approximate surface area is 109 Å². The molecule has 104 valence electrons. The molecule has 5 nitrogen and oxygen atoms in total. The average molecular weight is 273 g/mol. The first-order chi connectivity index (χ1) is 8.46. The molecule has 1 saturated heterocycles. The molecule has 0 radical (unpaired) electrons. The summed E-state index contributed by atoms with van der Waals surface area (Å²) < 4.78 is 22.6. The molecule has 2 aliphatic rings. The molecule has 6 heteroatoms. The van der Waals surface area contributed by atoms with E-state index < -0.39 is 9.84 Å². The summed E-state index contributed by atoms with van der Waals surface area (Å²) in [4.78, 5) is 6.62. The number of rotatable bonds is 3. The lowest BCUT2D eigenvalue weighted by Gasteiger charge is -2.40. The topological polar surface area (TPSA) is 75.8 Å². The number of nitrogens with two attached hydrogens (primary N) is 1. The lowest BCUT2D eigenvalue weighted by atomic mass is 9.94. The maximum absolute atomic E-state index is 11.3. The van der Waals surface area contributed by atoms with Crippen LogP contribution < -0.4 is 5.73 Å². The SMILES string of the molecule is CS(=O)(=O)CC1CCN(C2CC=NCC2N)CC1. The van der Waals surface area contributed by atoms with Gasteiger partial charge in [0, 0.05) is 24.6 Å². The van der Waals surface area contributed by atoms with E-state index in [1.165, 1.54) is 6.26 Å². The second-order valence-corrected chi connectivity index (χ2v) is 7.77. The number of nitrogens with zero attached hydrogens (tertiary/aromatic N) is 2. The molecule has 0 spiro atoms. The molecule has 2 heterocycles. The van der Waals surface area contributed by atoms with Gasteiger partial charge in [-0.3, -0.25) is 9.89 Å². The molecular weight excluding hydrogens is 250 g/mol. The second kappa shape index (κ2) is 5.67. The molecule has 1 fully saturated rings. The van der Waals surface area contributed by atoms with Crippen LogP contribution in [0.15, 0.2) is 4.99 Å². The Bertz CT molecular complexity index is 400. The molecule has 0 amide bonds. The predicted octanol–water partition coefficient (Wildman–Crippen LogP) is -0.0866. The summed E-state index contributed by atoms with van der Waals surface area (Å²) in [6, 6.07) is 0.517. The fraction of sp³-hybridized carbons (Fsp3) is 0.917. The van der Waals surface area contributed by atoms with E-state index in [1.54, 1.807) is 0 Å². The van der Waals surface area contributed by atoms with Crippen molar-refractivity contribution >= 4 is 16.1 Å². The standard InChI is InChI=1S/C12H23N3O2S/c1-18(16,17)9-10-3-6-15(7-4-10)12-2-5-14-8-11(12)13/h5,10-12H,2-4,6-9,13H2,1H3. The maximum Gasteiger partial charge on any atom is 0.147 e. The number of aliphatic imine (C=N–C) groups is 1. The highest BCUT2D eigenvalue weighted by Gasteiger charge is 2.30. The molecule has 0 aromatic heterocycles. The van der Waals surface area contributed by atoms with Crippen LogP contribution in [0.25, 0.3) is 0 Å². The fourth-order valence-corrected chi connectivity index (χ4v) is 4.16. The van der Waals surface area contributed by atoms with Gasteiger partial charge in [0.2, 0.25) is 0 Å². The number of sulfone groups is 1. The van der Waals surface area contributed by atoms with Crippen LogP contribution in [0.3, 0.4) is 0 Å². The van der Waals surface area contributed by atoms with Crippen LogP contribution in [-0.2, 0) is 9.84 Å². The van der Waals surface area contributed by atoms with Crippen molar-refractivity contribution in [3.05, 3.63) is 0 Å². The van der Waals surface area contributed by atoms with E-state index in [0.717, 1.165) is 32.4 Å². The molecule has 2 aliphatic heterocycles. The minimum atomic E-state index is -2.84. The third-order valence-corrected chi connectivity index (χ3v) is 5.02. The Balaban J connectivity index is 1.85. The van der Waals surface area contributed by atoms with Gasteiger partial charge in [0.15, 0.2) is 0 Å². The summed E-state index contributed by atoms with van der Waals surface area (Å²) in [5.74, 6) is 0.656. The van der Waals surface area contributed by atoms with Crippen molar-refractivity contribution in [3.63, 3.8) is 0 Å². The first-order valence-electron chi connectivity index (χ1n) is 6.61. The van der Waals surface area contributed by atoms with Gasteiger partial charge in [-0.15, -0.1) is 0 Å². The summed E-state index contributed by atoms with van der Waals surface area (Å²) in [5, 5.41) is 0. The van der Waals surface area contributed by atoms with Gasteiger partial charge < -0.3 is 5.73 Å². The van der Waals surface area contributed by atoms with Crippen molar-refractivity contribution in [1.82, 2.24) is 4.90 Å². The first-order valence-corrected chi connectivity index (χ1v) is 8.67. The predicted molar refractivity (Wildman–Crippen MR) is 73.7 cm³/mol. The molecule has 0 bridgehead atoms. The normalized spacial score (nSPS) is 31.7. The van der Waals surface area contributed by atoms with Gasteiger partial charge in [-0.2, -0.15) is 0 Å². The van der Waals surface area contributed by atoms with Crippen LogP contribution in [-0.4, -0.2) is 63.3 Å². The summed E-state index contributed by atoms with van der Waals surface area (Å²) in [5.41, 5.74) is 6.09. The molecule has 0 aromatic rings. The quantitative estimate of drug-likeness (QED) is 0.780. The summed E-state index contributed by atoms with van der Waals surface area (Å²) in [6.07, 6.45) is 6.16. The number of hydrogen-bond donors (Lipinski definition) is 1. The van der Waals surface area contributed by atoms with Crippen molar-refractivity contribution in [2.75, 3.05) is 31.6 Å². The van der Waals surface area contributed by atoms with Crippen LogP contribution in [0.2, 0.25) is 0 Å². The van der Waals surface area contributed by atoms with Crippen LogP contribution in [0, 0.1) is 5.92 Å². The molecule has 2 rings (SSSR count). The number of hydrogen-bond acceptors (Lipinski definition) is 5. The first kappa shape index (κ1) is 14.0. The van der Waals surface area contributed by atoms with E-state index in [0.29, 0.717) is 24.3 Å². The fourth-order valence-electron chi connectivity index (χ4n) is 2.97. The van der Waals surface area contributed by atoms with E-state index in [4.69, 9.17) is 5.73 Å². The van der Waals surface area contributed by atoms with Crippen molar-refractivity contribution in [3.8, 4) is 0 Å². The molecule has 0 aromatic carbocycles. The van der Waals surface area contributed by atoms with Crippen LogP contribution >= 0.6 is 0 Å². The number of piperidine rings is 1. The second-order valence-electron chi connectivity index (χ2n) is 5.59. The minimum absolute atomic E-state index is 0.126. The van der Waals surface area contributed by atoms with Crippen molar-refractivity contribution in [2.24, 2.45) is 16.6 Å². The maximum atomic E-state index is 11.3. The smallest absolute Gasteiger partial charge is 0.147 e. The zero-order valence-electron chi connectivity index (χ0n) is 11.0. The Kier molecular flexibility index (Phi) is 4.40. The van der Waals surface area contributed by atoms with Gasteiger partial charge >= 0.3 is 0 Å². The highest BCUT2D eigenvalue weighted by Crippen LogP contribution is 2.23. The molecule has 2 N–H and O–H groups in total. The van der Waals surface area contributed by atoms with E-state index >= 15 is 0 Å². The summed E-state index contributed by atoms with van der Waals surface area (Å²) >= 11 is 0. The zero-order chi connectivity index (χ0) is 13.2. The van der Waals surface area contributed by atoms with Crippen LogP contribution in [0.1, 0.15) is 19.3 Å². The van der Waals surface area contributed by atoms with Gasteiger partial charge in [-0.25, -0.2) is 8.42 Å². The Morgan fingerprint density at radius 2 is 2.06 bits per heavy atom. The summed E-state index contributed by atoms with van der Waals surface area (Å²) in [7, 11) is -2.84. The Morgan fingerprint density at radius 3 is 2.61 bits per heavy atom. The lowest BCUT2D eigenvalue weighted by Crippen LogP contribution is -2.53. The molecular formula is C12H23N3O2S. The average Bonchev–Trinajstić information content (AvgIpc) is 2.29. The third-order valence-electron chi connectivity index (χ3n) is 3.94. The van der Waals surface area contributed by atoms with E-state index in [-0.39, 0.29) is 6.04 Å². The van der Waals surface area contributed by atoms with Gasteiger partial charge in [-0.1, -0.05) is 0 Å². The molecule has 2 atom stereocenters. The number of likely N-dealkylation sites (tertiary alicyclic amines) is 1. The molecule has 2 unspecified atom stereocenters. The van der Waals surface area contributed by atoms with Gasteiger partial charge in [0.25, 0.3) is 0 Å². The van der Waals surface area contributed by atoms with Gasteiger partial charge in [-0.05, 0) is 38.3 Å². The van der Waals surface area contributed by atoms with Crippen molar-refractivity contribution in [1.29, 1.82) is 0 Å². The summed E-state index contributed by atoms with van der Waals surface area (Å²) in [6.45, 7) is 2.65. The van der Waals surface area contributed by atoms with E-state index in [1.807, 2.05) is 6.21 Å². The van der Waals surface area contributed by atoms with E-state index in [2.05, 4.69) is 9.89 Å². The largest absolute Gasteiger partial charge is 0.325 e. The minimum Gasteiger partial charge on any atom is -0.325 e. The lowest BCUT2D eigenvalue weighted by molar-refractivity contribution is 0.124. The van der Waals surface area contributed by atoms with Crippen LogP contribution in [0.4, 0.5) is 0 Å². The zero-order valence-corrected chi connectivity index (χ0v) is 11.8. The van der Waals surface area contributed by atoms with Crippen molar-refractivity contribution < 1.29 is 8.42 Å². The Hall–Kier alpha value is -0.460. The van der Waals surface area contributed by atoms with Crippen molar-refractivity contribution in [2.45, 2.75) is 31.3 Å². The van der Waals surface area contributed by atoms with Gasteiger partial charge in [0.1, 0.15) is 9.84 Å². The molecule has 0 saturated carbocycles. The third kappa shape index (κ3) is 3.76. The highest BCUT2D eigenvalue weighted by atomic mass is 32.2. The Morgan fingerprint density at radius 1 is 1.39 bits per heavy atom. The van der Waals surface area contributed by atoms with Gasteiger partial charge in [0.05, 0.1) is 12.3 Å². The molecule has 0 aliphatic carbocycles. The van der Waals surface area contributed by atoms with E-state index in [9.17, 15) is 8.42 Å².